The molecule has 0 saturated heterocycles. The van der Waals surface area contributed by atoms with Gasteiger partial charge in [0.15, 0.2) is 0 Å². The largest absolute Gasteiger partial charge is 0.340 e. The highest BCUT2D eigenvalue weighted by atomic mass is 16.2. The molecule has 0 aromatic heterocycles. The first-order valence-electron chi connectivity index (χ1n) is 6.23. The van der Waals surface area contributed by atoms with Crippen LogP contribution in [0.1, 0.15) is 45.4 Å². The normalized spacial score (nSPS) is 17.7. The zero-order valence-corrected chi connectivity index (χ0v) is 10.1. The van der Waals surface area contributed by atoms with E-state index in [9.17, 15) is 4.79 Å². The zero-order valence-electron chi connectivity index (χ0n) is 10.1. The Morgan fingerprint density at radius 2 is 2.00 bits per heavy atom. The van der Waals surface area contributed by atoms with E-state index in [2.05, 4.69) is 17.1 Å². The Morgan fingerprint density at radius 3 is 2.53 bits per heavy atom. The molecular formula is C12H24N2O. The van der Waals surface area contributed by atoms with E-state index < -0.39 is 0 Å². The van der Waals surface area contributed by atoms with E-state index >= 15 is 0 Å². The molecule has 0 aromatic rings. The number of amides is 1. The molecular weight excluding hydrogens is 188 g/mol. The van der Waals surface area contributed by atoms with Crippen molar-refractivity contribution in [2.45, 2.75) is 51.5 Å². The molecule has 1 N–H and O–H groups in total. The van der Waals surface area contributed by atoms with E-state index in [0.29, 0.717) is 18.4 Å². The second kappa shape index (κ2) is 6.83. The summed E-state index contributed by atoms with van der Waals surface area (Å²) < 4.78 is 0. The minimum Gasteiger partial charge on any atom is -0.340 e. The molecule has 1 fully saturated rings. The zero-order chi connectivity index (χ0) is 11.1. The second-order valence-electron chi connectivity index (χ2n) is 4.33. The molecule has 0 heterocycles. The maximum atomic E-state index is 11.9. The van der Waals surface area contributed by atoms with Crippen LogP contribution in [-0.4, -0.2) is 37.0 Å². The average Bonchev–Trinajstić information content (AvgIpc) is 2.29. The maximum Gasteiger partial charge on any atom is 0.224 e. The van der Waals surface area contributed by atoms with Crippen molar-refractivity contribution in [2.24, 2.45) is 0 Å². The van der Waals surface area contributed by atoms with Gasteiger partial charge in [-0.05, 0) is 26.8 Å². The summed E-state index contributed by atoms with van der Waals surface area (Å²) in [4.78, 5) is 14.0. The van der Waals surface area contributed by atoms with Crippen LogP contribution in [0.5, 0.6) is 0 Å². The molecule has 1 aliphatic carbocycles. The van der Waals surface area contributed by atoms with E-state index in [1.54, 1.807) is 0 Å². The number of rotatable bonds is 5. The van der Waals surface area contributed by atoms with E-state index in [1.807, 2.05) is 7.05 Å². The fraction of sp³-hybridized carbons (Fsp3) is 0.917. The number of nitrogens with zero attached hydrogens (tertiary/aromatic N) is 1. The highest BCUT2D eigenvalue weighted by Crippen LogP contribution is 2.22. The molecule has 3 heteroatoms. The lowest BCUT2D eigenvalue weighted by atomic mass is 9.94. The van der Waals surface area contributed by atoms with Crippen molar-refractivity contribution < 1.29 is 4.79 Å². The molecule has 3 nitrogen and oxygen atoms in total. The third kappa shape index (κ3) is 3.82. The lowest BCUT2D eigenvalue weighted by Crippen LogP contribution is -2.42. The quantitative estimate of drug-likeness (QED) is 0.753. The monoisotopic (exact) mass is 212 g/mol. The molecule has 1 saturated carbocycles. The predicted molar refractivity (Wildman–Crippen MR) is 62.8 cm³/mol. The first kappa shape index (κ1) is 12.5. The molecule has 0 bridgehead atoms. The summed E-state index contributed by atoms with van der Waals surface area (Å²) in [6.07, 6.45) is 6.98. The van der Waals surface area contributed by atoms with Crippen LogP contribution in [0.3, 0.4) is 0 Å². The van der Waals surface area contributed by atoms with Crippen molar-refractivity contribution in [1.82, 2.24) is 10.2 Å². The Morgan fingerprint density at radius 1 is 1.33 bits per heavy atom. The van der Waals surface area contributed by atoms with Crippen LogP contribution in [-0.2, 0) is 4.79 Å². The molecule has 15 heavy (non-hydrogen) atoms. The summed E-state index contributed by atoms with van der Waals surface area (Å²) in [7, 11) is 1.89. The van der Waals surface area contributed by atoms with Crippen molar-refractivity contribution in [2.75, 3.05) is 20.1 Å². The lowest BCUT2D eigenvalue weighted by molar-refractivity contribution is -0.133. The minimum absolute atomic E-state index is 0.318. The Labute approximate surface area is 93.2 Å². The van der Waals surface area contributed by atoms with Crippen LogP contribution in [0.15, 0.2) is 0 Å². The Balaban J connectivity index is 2.41. The van der Waals surface area contributed by atoms with Gasteiger partial charge in [0.2, 0.25) is 5.91 Å². The van der Waals surface area contributed by atoms with Crippen LogP contribution >= 0.6 is 0 Å². The first-order chi connectivity index (χ1) is 7.29. The minimum atomic E-state index is 0.318. The first-order valence-corrected chi connectivity index (χ1v) is 6.23. The van der Waals surface area contributed by atoms with Crippen molar-refractivity contribution in [1.29, 1.82) is 0 Å². The van der Waals surface area contributed by atoms with Crippen LogP contribution in [0, 0.1) is 0 Å². The maximum absolute atomic E-state index is 11.9. The molecule has 0 aliphatic heterocycles. The summed E-state index contributed by atoms with van der Waals surface area (Å²) in [6, 6.07) is 0.521. The van der Waals surface area contributed by atoms with Gasteiger partial charge in [0, 0.05) is 25.6 Å². The highest BCUT2D eigenvalue weighted by Gasteiger charge is 2.23. The van der Waals surface area contributed by atoms with Gasteiger partial charge in [0.1, 0.15) is 0 Å². The van der Waals surface area contributed by atoms with Crippen molar-refractivity contribution in [3.8, 4) is 0 Å². The van der Waals surface area contributed by atoms with Gasteiger partial charge in [-0.15, -0.1) is 0 Å². The van der Waals surface area contributed by atoms with Crippen LogP contribution in [0.4, 0.5) is 0 Å². The smallest absolute Gasteiger partial charge is 0.224 e. The van der Waals surface area contributed by atoms with Crippen molar-refractivity contribution in [3.05, 3.63) is 0 Å². The molecule has 1 amide bonds. The summed E-state index contributed by atoms with van der Waals surface area (Å²) in [5.74, 6) is 0.318. The third-order valence-electron chi connectivity index (χ3n) is 3.27. The third-order valence-corrected chi connectivity index (χ3v) is 3.27. The van der Waals surface area contributed by atoms with E-state index in [0.717, 1.165) is 13.1 Å². The topological polar surface area (TPSA) is 32.3 Å². The standard InChI is InChI=1S/C12H24N2O/c1-3-14(12(15)9-10-13-2)11-7-5-4-6-8-11/h11,13H,3-10H2,1-2H3. The number of carbonyl (C=O) groups is 1. The second-order valence-corrected chi connectivity index (χ2v) is 4.33. The molecule has 0 atom stereocenters. The summed E-state index contributed by atoms with van der Waals surface area (Å²) in [5.41, 5.74) is 0. The Kier molecular flexibility index (Phi) is 5.69. The van der Waals surface area contributed by atoms with Gasteiger partial charge in [-0.3, -0.25) is 4.79 Å². The molecule has 88 valence electrons. The Bertz CT molecular complexity index is 188. The number of carbonyl (C=O) groups excluding carboxylic acids is 1. The molecule has 0 radical (unpaired) electrons. The molecule has 0 unspecified atom stereocenters. The van der Waals surface area contributed by atoms with Gasteiger partial charge in [-0.2, -0.15) is 0 Å². The van der Waals surface area contributed by atoms with E-state index in [4.69, 9.17) is 0 Å². The van der Waals surface area contributed by atoms with Crippen LogP contribution in [0.25, 0.3) is 0 Å². The van der Waals surface area contributed by atoms with E-state index in [1.165, 1.54) is 32.1 Å². The SMILES string of the molecule is CCN(C(=O)CCNC)C1CCCCC1. The molecule has 0 spiro atoms. The van der Waals surface area contributed by atoms with Crippen molar-refractivity contribution in [3.63, 3.8) is 0 Å². The van der Waals surface area contributed by atoms with Gasteiger partial charge in [0.05, 0.1) is 0 Å². The summed E-state index contributed by atoms with van der Waals surface area (Å²) in [5, 5.41) is 3.03. The van der Waals surface area contributed by atoms with Gasteiger partial charge < -0.3 is 10.2 Å². The summed E-state index contributed by atoms with van der Waals surface area (Å²) in [6.45, 7) is 3.75. The number of hydrogen-bond donors (Lipinski definition) is 1. The molecule has 1 aliphatic rings. The fourth-order valence-electron chi connectivity index (χ4n) is 2.41. The average molecular weight is 212 g/mol. The van der Waals surface area contributed by atoms with Crippen LogP contribution in [0.2, 0.25) is 0 Å². The van der Waals surface area contributed by atoms with Gasteiger partial charge in [-0.1, -0.05) is 19.3 Å². The van der Waals surface area contributed by atoms with Gasteiger partial charge in [-0.25, -0.2) is 0 Å². The van der Waals surface area contributed by atoms with Crippen LogP contribution < -0.4 is 5.32 Å². The predicted octanol–water partition coefficient (Wildman–Crippen LogP) is 1.78. The van der Waals surface area contributed by atoms with Crippen molar-refractivity contribution >= 4 is 5.91 Å². The number of nitrogens with one attached hydrogen (secondary N) is 1. The fourth-order valence-corrected chi connectivity index (χ4v) is 2.41. The summed E-state index contributed by atoms with van der Waals surface area (Å²) >= 11 is 0. The molecule has 0 aromatic carbocycles. The van der Waals surface area contributed by atoms with E-state index in [-0.39, 0.29) is 0 Å². The Hall–Kier alpha value is -0.570. The molecule has 1 rings (SSSR count). The van der Waals surface area contributed by atoms with Gasteiger partial charge in [0.25, 0.3) is 0 Å². The number of hydrogen-bond acceptors (Lipinski definition) is 2. The van der Waals surface area contributed by atoms with Gasteiger partial charge >= 0.3 is 0 Å². The highest BCUT2D eigenvalue weighted by molar-refractivity contribution is 5.76. The lowest BCUT2D eigenvalue weighted by Gasteiger charge is -2.33.